The number of aryl methyl sites for hydroxylation is 1. The summed E-state index contributed by atoms with van der Waals surface area (Å²) in [5.41, 5.74) is 8.97. The molecule has 0 bridgehead atoms. The molecule has 2 aliphatic heterocycles. The highest BCUT2D eigenvalue weighted by molar-refractivity contribution is 5.73. The van der Waals surface area contributed by atoms with E-state index in [4.69, 9.17) is 20.2 Å². The first-order valence-corrected chi connectivity index (χ1v) is 9.12. The second-order valence-corrected chi connectivity index (χ2v) is 6.64. The third-order valence-electron chi connectivity index (χ3n) is 4.89. The van der Waals surface area contributed by atoms with Crippen molar-refractivity contribution in [2.45, 2.75) is 6.92 Å². The van der Waals surface area contributed by atoms with E-state index in [9.17, 15) is 0 Å². The largest absolute Gasteiger partial charge is 0.384 e. The Labute approximate surface area is 153 Å². The highest BCUT2D eigenvalue weighted by Gasteiger charge is 2.19. The van der Waals surface area contributed by atoms with Crippen LogP contribution in [0, 0.1) is 6.92 Å². The molecule has 7 nitrogen and oxygen atoms in total. The zero-order chi connectivity index (χ0) is 17.9. The Hall–Kier alpha value is -2.38. The Morgan fingerprint density at radius 3 is 1.88 bits per heavy atom. The number of nitrogens with zero attached hydrogens (tertiary/aromatic N) is 4. The van der Waals surface area contributed by atoms with Crippen LogP contribution in [0.15, 0.2) is 24.3 Å². The normalized spacial score (nSPS) is 18.2. The molecule has 0 radical (unpaired) electrons. The van der Waals surface area contributed by atoms with Crippen LogP contribution in [0.2, 0.25) is 0 Å². The fourth-order valence-electron chi connectivity index (χ4n) is 3.45. The Bertz CT molecular complexity index is 734. The zero-order valence-electron chi connectivity index (χ0n) is 15.1. The van der Waals surface area contributed by atoms with E-state index in [0.29, 0.717) is 5.82 Å². The van der Waals surface area contributed by atoms with Gasteiger partial charge in [0.05, 0.1) is 26.4 Å². The zero-order valence-corrected chi connectivity index (χ0v) is 15.1. The maximum Gasteiger partial charge on any atom is 0.131 e. The molecule has 2 fully saturated rings. The van der Waals surface area contributed by atoms with Crippen LogP contribution in [-0.2, 0) is 9.47 Å². The summed E-state index contributed by atoms with van der Waals surface area (Å²) in [6.07, 6.45) is 0. The van der Waals surface area contributed by atoms with Gasteiger partial charge in [0.15, 0.2) is 0 Å². The topological polar surface area (TPSA) is 76.7 Å². The Kier molecular flexibility index (Phi) is 4.90. The third-order valence-corrected chi connectivity index (χ3v) is 4.89. The van der Waals surface area contributed by atoms with Gasteiger partial charge in [-0.1, -0.05) is 0 Å². The number of nitrogens with two attached hydrogens (primary N) is 1. The summed E-state index contributed by atoms with van der Waals surface area (Å²) < 4.78 is 11.0. The van der Waals surface area contributed by atoms with E-state index in [2.05, 4.69) is 26.9 Å². The number of anilines is 3. The molecule has 7 heteroatoms. The van der Waals surface area contributed by atoms with Crippen LogP contribution in [0.1, 0.15) is 5.69 Å². The van der Waals surface area contributed by atoms with Gasteiger partial charge in [0.25, 0.3) is 0 Å². The van der Waals surface area contributed by atoms with E-state index in [1.165, 1.54) is 0 Å². The minimum Gasteiger partial charge on any atom is -0.384 e. The second-order valence-electron chi connectivity index (χ2n) is 6.64. The molecule has 2 aliphatic rings. The SMILES string of the molecule is Cc1nc(N)ccc1-c1cc(N2CCOCC2)nc(N2CCOCC2)c1. The summed E-state index contributed by atoms with van der Waals surface area (Å²) >= 11 is 0. The number of rotatable bonds is 3. The van der Waals surface area contributed by atoms with Gasteiger partial charge >= 0.3 is 0 Å². The van der Waals surface area contributed by atoms with E-state index >= 15 is 0 Å². The van der Waals surface area contributed by atoms with Gasteiger partial charge in [0.2, 0.25) is 0 Å². The number of ether oxygens (including phenoxy) is 2. The van der Waals surface area contributed by atoms with Crippen LogP contribution in [0.25, 0.3) is 11.1 Å². The van der Waals surface area contributed by atoms with Crippen LogP contribution < -0.4 is 15.5 Å². The lowest BCUT2D eigenvalue weighted by molar-refractivity contribution is 0.121. The smallest absolute Gasteiger partial charge is 0.131 e. The summed E-state index contributed by atoms with van der Waals surface area (Å²) in [5.74, 6) is 2.52. The van der Waals surface area contributed by atoms with Crippen molar-refractivity contribution in [3.05, 3.63) is 30.0 Å². The molecule has 0 saturated carbocycles. The lowest BCUT2D eigenvalue weighted by Gasteiger charge is -2.32. The van der Waals surface area contributed by atoms with Gasteiger partial charge in [-0.15, -0.1) is 0 Å². The molecule has 2 aromatic rings. The highest BCUT2D eigenvalue weighted by atomic mass is 16.5. The van der Waals surface area contributed by atoms with E-state index in [0.717, 1.165) is 81.1 Å². The fraction of sp³-hybridized carbons (Fsp3) is 0.474. The van der Waals surface area contributed by atoms with Crippen molar-refractivity contribution in [2.75, 3.05) is 68.1 Å². The van der Waals surface area contributed by atoms with Crippen LogP contribution in [-0.4, -0.2) is 62.6 Å². The lowest BCUT2D eigenvalue weighted by atomic mass is 10.0. The predicted molar refractivity (Wildman–Crippen MR) is 103 cm³/mol. The minimum absolute atomic E-state index is 0.544. The van der Waals surface area contributed by atoms with Crippen molar-refractivity contribution in [1.82, 2.24) is 9.97 Å². The van der Waals surface area contributed by atoms with Crippen molar-refractivity contribution in [3.63, 3.8) is 0 Å². The minimum atomic E-state index is 0.544. The van der Waals surface area contributed by atoms with E-state index in [1.807, 2.05) is 19.1 Å². The maximum atomic E-state index is 5.83. The predicted octanol–water partition coefficient (Wildman–Crippen LogP) is 1.71. The first kappa shape index (κ1) is 17.1. The third kappa shape index (κ3) is 3.59. The quantitative estimate of drug-likeness (QED) is 0.898. The Morgan fingerprint density at radius 2 is 1.38 bits per heavy atom. The maximum absolute atomic E-state index is 5.83. The molecule has 0 atom stereocenters. The van der Waals surface area contributed by atoms with Crippen molar-refractivity contribution < 1.29 is 9.47 Å². The fourth-order valence-corrected chi connectivity index (χ4v) is 3.45. The molecule has 4 heterocycles. The molecule has 2 aromatic heterocycles. The molecule has 0 spiro atoms. The number of aromatic nitrogens is 2. The summed E-state index contributed by atoms with van der Waals surface area (Å²) in [4.78, 5) is 14.0. The summed E-state index contributed by atoms with van der Waals surface area (Å²) in [6, 6.07) is 8.19. The first-order chi connectivity index (χ1) is 12.7. The van der Waals surface area contributed by atoms with Crippen LogP contribution in [0.3, 0.4) is 0 Å². The summed E-state index contributed by atoms with van der Waals surface area (Å²) in [7, 11) is 0. The van der Waals surface area contributed by atoms with Crippen LogP contribution in [0.5, 0.6) is 0 Å². The van der Waals surface area contributed by atoms with Gasteiger partial charge in [-0.05, 0) is 36.8 Å². The molecule has 0 aliphatic carbocycles. The summed E-state index contributed by atoms with van der Waals surface area (Å²) in [6.45, 7) is 8.38. The number of hydrogen-bond acceptors (Lipinski definition) is 7. The summed E-state index contributed by atoms with van der Waals surface area (Å²) in [5, 5.41) is 0. The van der Waals surface area contributed by atoms with E-state index in [-0.39, 0.29) is 0 Å². The Morgan fingerprint density at radius 1 is 0.846 bits per heavy atom. The molecule has 26 heavy (non-hydrogen) atoms. The molecular formula is C19H25N5O2. The van der Waals surface area contributed by atoms with Gasteiger partial charge in [0, 0.05) is 37.4 Å². The van der Waals surface area contributed by atoms with E-state index < -0.39 is 0 Å². The average Bonchev–Trinajstić information content (AvgIpc) is 2.69. The van der Waals surface area contributed by atoms with Crippen molar-refractivity contribution in [1.29, 1.82) is 0 Å². The van der Waals surface area contributed by atoms with E-state index in [1.54, 1.807) is 0 Å². The standard InChI is InChI=1S/C19H25N5O2/c1-14-16(2-3-17(20)21-14)15-12-18(23-4-8-25-9-5-23)22-19(13-15)24-6-10-26-11-7-24/h2-3,12-13H,4-11H2,1H3,(H2,20,21). The van der Waals surface area contributed by atoms with Crippen molar-refractivity contribution in [2.24, 2.45) is 0 Å². The van der Waals surface area contributed by atoms with Gasteiger partial charge in [-0.25, -0.2) is 9.97 Å². The first-order valence-electron chi connectivity index (χ1n) is 9.12. The van der Waals surface area contributed by atoms with Gasteiger partial charge in [0.1, 0.15) is 17.5 Å². The molecule has 2 N–H and O–H groups in total. The number of hydrogen-bond donors (Lipinski definition) is 1. The molecule has 2 saturated heterocycles. The monoisotopic (exact) mass is 355 g/mol. The molecule has 0 unspecified atom stereocenters. The highest BCUT2D eigenvalue weighted by Crippen LogP contribution is 2.30. The van der Waals surface area contributed by atoms with Gasteiger partial charge in [-0.3, -0.25) is 0 Å². The number of nitrogen functional groups attached to an aromatic ring is 1. The van der Waals surface area contributed by atoms with Gasteiger partial charge < -0.3 is 25.0 Å². The molecule has 0 amide bonds. The Balaban J connectivity index is 1.76. The molecule has 0 aromatic carbocycles. The second kappa shape index (κ2) is 7.47. The van der Waals surface area contributed by atoms with Crippen LogP contribution >= 0.6 is 0 Å². The molecular weight excluding hydrogens is 330 g/mol. The average molecular weight is 355 g/mol. The number of pyridine rings is 2. The van der Waals surface area contributed by atoms with Crippen molar-refractivity contribution in [3.8, 4) is 11.1 Å². The molecule has 138 valence electrons. The lowest BCUT2D eigenvalue weighted by Crippen LogP contribution is -2.39. The van der Waals surface area contributed by atoms with Crippen molar-refractivity contribution >= 4 is 17.5 Å². The van der Waals surface area contributed by atoms with Crippen LogP contribution in [0.4, 0.5) is 17.5 Å². The van der Waals surface area contributed by atoms with Gasteiger partial charge in [-0.2, -0.15) is 0 Å². The number of morpholine rings is 2. The molecule has 4 rings (SSSR count).